The Hall–Kier alpha value is -3.06. The zero-order chi connectivity index (χ0) is 29.9. The number of alkyl carbamates (subject to hydrolysis) is 1. The van der Waals surface area contributed by atoms with Crippen molar-refractivity contribution in [1.82, 2.24) is 20.3 Å². The summed E-state index contributed by atoms with van der Waals surface area (Å²) in [6.07, 6.45) is 5.67. The molecule has 0 radical (unpaired) electrons. The molecule has 3 aliphatic rings. The van der Waals surface area contributed by atoms with Gasteiger partial charge in [-0.05, 0) is 71.4 Å². The van der Waals surface area contributed by atoms with Gasteiger partial charge in [-0.1, -0.05) is 12.8 Å². The van der Waals surface area contributed by atoms with Gasteiger partial charge in [0.05, 0.1) is 0 Å². The predicted octanol–water partition coefficient (Wildman–Crippen LogP) is 2.39. The van der Waals surface area contributed by atoms with Crippen molar-refractivity contribution in [1.29, 1.82) is 0 Å². The molecule has 15 heteroatoms. The molecule has 1 saturated heterocycles. The lowest BCUT2D eigenvalue weighted by molar-refractivity contribution is -0.141. The van der Waals surface area contributed by atoms with Crippen molar-refractivity contribution in [2.75, 3.05) is 6.54 Å². The second-order valence-electron chi connectivity index (χ2n) is 11.2. The zero-order valence-electron chi connectivity index (χ0n) is 22.6. The first-order valence-electron chi connectivity index (χ1n) is 13.1. The molecule has 0 unspecified atom stereocenters. The lowest BCUT2D eigenvalue weighted by atomic mass is 10.0. The van der Waals surface area contributed by atoms with Crippen LogP contribution >= 0.6 is 0 Å². The number of amides is 4. The van der Waals surface area contributed by atoms with Crippen LogP contribution in [0.4, 0.5) is 18.0 Å². The van der Waals surface area contributed by atoms with Gasteiger partial charge in [-0.25, -0.2) is 9.52 Å². The van der Waals surface area contributed by atoms with Crippen molar-refractivity contribution < 1.29 is 45.5 Å². The number of rotatable bonds is 3. The van der Waals surface area contributed by atoms with Crippen LogP contribution in [0.3, 0.4) is 0 Å². The molecule has 0 spiro atoms. The van der Waals surface area contributed by atoms with Crippen LogP contribution in [0.25, 0.3) is 0 Å². The van der Waals surface area contributed by atoms with E-state index < -0.39 is 68.5 Å². The van der Waals surface area contributed by atoms with E-state index >= 15 is 0 Å². The molecule has 3 N–H and O–H groups in total. The first-order chi connectivity index (χ1) is 18.5. The summed E-state index contributed by atoms with van der Waals surface area (Å²) in [7, 11) is -6.01. The molecule has 4 atom stereocenters. The van der Waals surface area contributed by atoms with Crippen molar-refractivity contribution >= 4 is 33.8 Å². The van der Waals surface area contributed by atoms with Crippen LogP contribution in [0.5, 0.6) is 0 Å². The molecule has 3 rings (SSSR count). The minimum atomic E-state index is -6.01. The van der Waals surface area contributed by atoms with Gasteiger partial charge < -0.3 is 20.3 Å². The zero-order valence-corrected chi connectivity index (χ0v) is 23.4. The summed E-state index contributed by atoms with van der Waals surface area (Å²) in [5.74, 6) is -3.67. The van der Waals surface area contributed by atoms with Crippen molar-refractivity contribution in [3.8, 4) is 0 Å². The minimum absolute atomic E-state index is 0.151. The van der Waals surface area contributed by atoms with E-state index in [1.807, 2.05) is 0 Å². The summed E-state index contributed by atoms with van der Waals surface area (Å²) in [5.41, 5.74) is -5.63. The highest BCUT2D eigenvalue weighted by atomic mass is 32.2. The number of alkyl halides is 3. The minimum Gasteiger partial charge on any atom is -0.444 e. The molecule has 40 heavy (non-hydrogen) atoms. The van der Waals surface area contributed by atoms with E-state index in [1.165, 1.54) is 11.0 Å². The van der Waals surface area contributed by atoms with E-state index in [0.717, 1.165) is 11.1 Å². The SMILES string of the molecule is CC(C)(C)OC(=O)N[C@H]1CCCCCC=C=C[C@@H]2C[C@@]2(C(=O)NS(=O)(=O)C(F)(F)F)NC(=O)[C@@H]2CCCN2C1=O. The number of carbonyl (C=O) groups is 4. The van der Waals surface area contributed by atoms with Crippen molar-refractivity contribution in [2.45, 2.75) is 101 Å². The summed E-state index contributed by atoms with van der Waals surface area (Å²) < 4.78 is 68.4. The Morgan fingerprint density at radius 2 is 1.82 bits per heavy atom. The summed E-state index contributed by atoms with van der Waals surface area (Å²) in [4.78, 5) is 53.5. The molecule has 2 aliphatic heterocycles. The molecule has 1 aliphatic carbocycles. The van der Waals surface area contributed by atoms with Gasteiger partial charge >= 0.3 is 21.6 Å². The molecule has 4 amide bonds. The van der Waals surface area contributed by atoms with E-state index in [1.54, 1.807) is 26.8 Å². The molecule has 0 aromatic heterocycles. The monoisotopic (exact) mass is 592 g/mol. The molecule has 1 saturated carbocycles. The van der Waals surface area contributed by atoms with Crippen LogP contribution < -0.4 is 15.4 Å². The number of fused-ring (bicyclic) bond motifs is 2. The van der Waals surface area contributed by atoms with Crippen molar-refractivity contribution in [3.05, 3.63) is 17.9 Å². The quantitative estimate of drug-likeness (QED) is 0.426. The second-order valence-corrected chi connectivity index (χ2v) is 12.9. The molecule has 2 fully saturated rings. The number of hydrogen-bond donors (Lipinski definition) is 3. The van der Waals surface area contributed by atoms with Gasteiger partial charge in [0.2, 0.25) is 11.8 Å². The van der Waals surface area contributed by atoms with Gasteiger partial charge in [0.1, 0.15) is 23.2 Å². The highest BCUT2D eigenvalue weighted by Gasteiger charge is 2.63. The Kier molecular flexibility index (Phi) is 9.29. The van der Waals surface area contributed by atoms with Crippen LogP contribution in [0.15, 0.2) is 17.9 Å². The maximum absolute atomic E-state index is 13.5. The fraction of sp³-hybridized carbons (Fsp3) is 0.720. The normalized spacial score (nSPS) is 28.2. The number of carbonyl (C=O) groups excluding carboxylic acids is 4. The van der Waals surface area contributed by atoms with Gasteiger partial charge in [-0.2, -0.15) is 21.6 Å². The van der Waals surface area contributed by atoms with E-state index in [0.29, 0.717) is 25.7 Å². The van der Waals surface area contributed by atoms with E-state index in [-0.39, 0.29) is 25.8 Å². The summed E-state index contributed by atoms with van der Waals surface area (Å²) in [5, 5.41) is 5.02. The van der Waals surface area contributed by atoms with E-state index in [9.17, 15) is 40.8 Å². The molecule has 224 valence electrons. The standard InChI is InChI=1S/C25H35F3N4O7S/c1-23(2,3)39-22(36)29-17-12-9-7-5-4-6-8-11-16-15-24(16,21(35)31-40(37,38)25(26,27)28)30-19(33)18-13-10-14-32(18)20(17)34/h6,11,16-18H,4-5,7,9-10,12-15H2,1-3H3,(H,29,36)(H,30,33)(H,31,35)/t8?,16-,17+,18+,24-/m1/s1. The third-order valence-corrected chi connectivity index (χ3v) is 7.95. The number of nitrogens with zero attached hydrogens (tertiary/aromatic N) is 1. The van der Waals surface area contributed by atoms with Crippen molar-refractivity contribution in [3.63, 3.8) is 0 Å². The number of sulfonamides is 1. The summed E-state index contributed by atoms with van der Waals surface area (Å²) in [6, 6.07) is -2.07. The fourth-order valence-electron chi connectivity index (χ4n) is 4.77. The molecule has 0 bridgehead atoms. The van der Waals surface area contributed by atoms with Crippen LogP contribution in [0.2, 0.25) is 0 Å². The van der Waals surface area contributed by atoms with Crippen molar-refractivity contribution in [2.24, 2.45) is 5.92 Å². The van der Waals surface area contributed by atoms with Gasteiger partial charge in [0, 0.05) is 12.5 Å². The van der Waals surface area contributed by atoms with Crippen LogP contribution in [-0.2, 0) is 29.1 Å². The number of hydrogen-bond acceptors (Lipinski definition) is 7. The van der Waals surface area contributed by atoms with Crippen LogP contribution in [-0.4, -0.2) is 72.4 Å². The molecule has 2 heterocycles. The molecular weight excluding hydrogens is 557 g/mol. The Bertz CT molecular complexity index is 1190. The maximum atomic E-state index is 13.5. The van der Waals surface area contributed by atoms with Gasteiger partial charge in [0.15, 0.2) is 0 Å². The fourth-order valence-corrected chi connectivity index (χ4v) is 5.32. The largest absolute Gasteiger partial charge is 0.516 e. The summed E-state index contributed by atoms with van der Waals surface area (Å²) in [6.45, 7) is 5.20. The third kappa shape index (κ3) is 7.57. The van der Waals surface area contributed by atoms with E-state index in [4.69, 9.17) is 4.74 Å². The topological polar surface area (TPSA) is 151 Å². The van der Waals surface area contributed by atoms with Crippen LogP contribution in [0.1, 0.15) is 72.1 Å². The first kappa shape index (κ1) is 31.5. The van der Waals surface area contributed by atoms with Gasteiger partial charge in [-0.3, -0.25) is 14.4 Å². The predicted molar refractivity (Wildman–Crippen MR) is 136 cm³/mol. The molecule has 11 nitrogen and oxygen atoms in total. The Morgan fingerprint density at radius 3 is 2.48 bits per heavy atom. The van der Waals surface area contributed by atoms with E-state index in [2.05, 4.69) is 16.4 Å². The number of ether oxygens (including phenoxy) is 1. The smallest absolute Gasteiger partial charge is 0.444 e. The average Bonchev–Trinajstić information content (AvgIpc) is 3.27. The third-order valence-electron chi connectivity index (χ3n) is 6.88. The first-order valence-corrected chi connectivity index (χ1v) is 14.6. The lowest BCUT2D eigenvalue weighted by Gasteiger charge is -2.30. The lowest BCUT2D eigenvalue weighted by Crippen LogP contribution is -2.59. The Morgan fingerprint density at radius 1 is 1.12 bits per heavy atom. The Labute approximate surface area is 231 Å². The maximum Gasteiger partial charge on any atom is 0.516 e. The second kappa shape index (κ2) is 11.8. The molecule has 0 aromatic carbocycles. The molecular formula is C25H35F3N4O7S. The van der Waals surface area contributed by atoms with Crippen LogP contribution in [0, 0.1) is 5.92 Å². The molecule has 0 aromatic rings. The van der Waals surface area contributed by atoms with Gasteiger partial charge in [0.25, 0.3) is 5.91 Å². The average molecular weight is 593 g/mol. The number of halogens is 3. The highest BCUT2D eigenvalue weighted by Crippen LogP contribution is 2.45. The summed E-state index contributed by atoms with van der Waals surface area (Å²) >= 11 is 0. The highest BCUT2D eigenvalue weighted by molar-refractivity contribution is 7.90. The Balaban J connectivity index is 1.88. The van der Waals surface area contributed by atoms with Gasteiger partial charge in [-0.15, -0.1) is 5.73 Å². The number of nitrogens with one attached hydrogen (secondary N) is 3.